The summed E-state index contributed by atoms with van der Waals surface area (Å²) in [5, 5.41) is 2.98. The molecule has 4 nitrogen and oxygen atoms in total. The average molecular weight is 283 g/mol. The molecule has 0 bridgehead atoms. The molecule has 0 fully saturated rings. The molecule has 1 aromatic heterocycles. The van der Waals surface area contributed by atoms with Crippen LogP contribution in [0.2, 0.25) is 0 Å². The zero-order chi connectivity index (χ0) is 15.6. The van der Waals surface area contributed by atoms with Crippen LogP contribution in [0.5, 0.6) is 0 Å². The molecule has 1 aromatic carbocycles. The highest BCUT2D eigenvalue weighted by atomic mass is 16.1. The lowest BCUT2D eigenvalue weighted by molar-refractivity contribution is 0.102. The van der Waals surface area contributed by atoms with E-state index in [2.05, 4.69) is 24.1 Å². The fourth-order valence-corrected chi connectivity index (χ4v) is 2.29. The van der Waals surface area contributed by atoms with Gasteiger partial charge in [-0.3, -0.25) is 9.78 Å². The second kappa shape index (κ2) is 5.95. The Morgan fingerprint density at radius 1 is 1.29 bits per heavy atom. The Labute approximate surface area is 125 Å². The van der Waals surface area contributed by atoms with E-state index in [9.17, 15) is 4.79 Å². The van der Waals surface area contributed by atoms with Crippen LogP contribution in [-0.2, 0) is 0 Å². The maximum Gasteiger partial charge on any atom is 0.259 e. The molecule has 0 aliphatic heterocycles. The van der Waals surface area contributed by atoms with Crippen molar-refractivity contribution in [1.29, 1.82) is 0 Å². The number of nitrogen functional groups attached to an aromatic ring is 1. The second-order valence-electron chi connectivity index (χ2n) is 5.56. The molecule has 0 aliphatic rings. The molecular formula is C17H21N3O. The molecule has 2 aromatic rings. The minimum atomic E-state index is -0.226. The Morgan fingerprint density at radius 2 is 2.00 bits per heavy atom. The molecule has 0 atom stereocenters. The van der Waals surface area contributed by atoms with E-state index in [0.29, 0.717) is 17.2 Å². The van der Waals surface area contributed by atoms with Gasteiger partial charge in [0.05, 0.1) is 5.56 Å². The van der Waals surface area contributed by atoms with Gasteiger partial charge in [0, 0.05) is 23.3 Å². The number of carbonyl (C=O) groups excluding carboxylic acids is 1. The molecule has 0 saturated heterocycles. The molecular weight excluding hydrogens is 262 g/mol. The van der Waals surface area contributed by atoms with Crippen molar-refractivity contribution in [3.63, 3.8) is 0 Å². The van der Waals surface area contributed by atoms with Crippen molar-refractivity contribution < 1.29 is 4.79 Å². The summed E-state index contributed by atoms with van der Waals surface area (Å²) in [5.74, 6) is 0.102. The smallest absolute Gasteiger partial charge is 0.259 e. The number of para-hydroxylation sites is 1. The highest BCUT2D eigenvalue weighted by Gasteiger charge is 2.15. The van der Waals surface area contributed by atoms with E-state index in [4.69, 9.17) is 5.73 Å². The van der Waals surface area contributed by atoms with E-state index in [0.717, 1.165) is 22.5 Å². The lowest BCUT2D eigenvalue weighted by Crippen LogP contribution is -2.17. The van der Waals surface area contributed by atoms with Gasteiger partial charge in [0.15, 0.2) is 0 Å². The summed E-state index contributed by atoms with van der Waals surface area (Å²) in [7, 11) is 0. The number of pyridine rings is 1. The van der Waals surface area contributed by atoms with E-state index < -0.39 is 0 Å². The van der Waals surface area contributed by atoms with Crippen LogP contribution in [0.1, 0.15) is 46.9 Å². The van der Waals surface area contributed by atoms with Crippen LogP contribution in [0.15, 0.2) is 30.5 Å². The summed E-state index contributed by atoms with van der Waals surface area (Å²) in [6.07, 6.45) is 1.52. The number of nitrogens with one attached hydrogen (secondary N) is 1. The van der Waals surface area contributed by atoms with Crippen molar-refractivity contribution in [3.05, 3.63) is 52.8 Å². The summed E-state index contributed by atoms with van der Waals surface area (Å²) >= 11 is 0. The van der Waals surface area contributed by atoms with E-state index >= 15 is 0 Å². The van der Waals surface area contributed by atoms with Crippen LogP contribution in [0.3, 0.4) is 0 Å². The van der Waals surface area contributed by atoms with Gasteiger partial charge in [-0.05, 0) is 37.0 Å². The van der Waals surface area contributed by atoms with Gasteiger partial charge in [0.2, 0.25) is 0 Å². The van der Waals surface area contributed by atoms with Crippen molar-refractivity contribution in [2.24, 2.45) is 0 Å². The molecule has 1 amide bonds. The first kappa shape index (κ1) is 15.0. The molecule has 0 radical (unpaired) electrons. The molecule has 21 heavy (non-hydrogen) atoms. The van der Waals surface area contributed by atoms with Crippen molar-refractivity contribution >= 4 is 17.3 Å². The van der Waals surface area contributed by atoms with Gasteiger partial charge in [0.25, 0.3) is 5.91 Å². The number of benzene rings is 1. The van der Waals surface area contributed by atoms with Crippen LogP contribution in [0, 0.1) is 13.8 Å². The zero-order valence-corrected chi connectivity index (χ0v) is 12.9. The van der Waals surface area contributed by atoms with Crippen LogP contribution in [-0.4, -0.2) is 10.9 Å². The minimum Gasteiger partial charge on any atom is -0.398 e. The van der Waals surface area contributed by atoms with Crippen LogP contribution < -0.4 is 11.1 Å². The third kappa shape index (κ3) is 3.21. The molecule has 0 spiro atoms. The first-order valence-electron chi connectivity index (χ1n) is 7.03. The number of nitrogens with two attached hydrogens (primary N) is 1. The minimum absolute atomic E-state index is 0.226. The number of hydrogen-bond acceptors (Lipinski definition) is 3. The zero-order valence-electron chi connectivity index (χ0n) is 12.9. The largest absolute Gasteiger partial charge is 0.398 e. The average Bonchev–Trinajstić information content (AvgIpc) is 2.40. The number of rotatable bonds is 3. The third-order valence-corrected chi connectivity index (χ3v) is 3.48. The van der Waals surface area contributed by atoms with Gasteiger partial charge in [-0.25, -0.2) is 0 Å². The normalized spacial score (nSPS) is 10.7. The molecule has 4 heteroatoms. The fraction of sp³-hybridized carbons (Fsp3) is 0.294. The summed E-state index contributed by atoms with van der Waals surface area (Å²) in [6, 6.07) is 7.72. The molecule has 1 heterocycles. The fourth-order valence-electron chi connectivity index (χ4n) is 2.29. The standard InChI is InChI=1S/C17H21N3O/c1-10(2)13-7-5-6-11(3)16(13)20-17(21)14-9-19-12(4)8-15(14)18/h5-10H,1-4H3,(H2,18,19)(H,20,21). The van der Waals surface area contributed by atoms with Gasteiger partial charge in [0.1, 0.15) is 0 Å². The topological polar surface area (TPSA) is 68.0 Å². The van der Waals surface area contributed by atoms with Gasteiger partial charge in [-0.15, -0.1) is 0 Å². The van der Waals surface area contributed by atoms with E-state index in [1.807, 2.05) is 32.0 Å². The van der Waals surface area contributed by atoms with Crippen molar-refractivity contribution in [2.45, 2.75) is 33.6 Å². The van der Waals surface area contributed by atoms with Crippen molar-refractivity contribution in [2.75, 3.05) is 11.1 Å². The van der Waals surface area contributed by atoms with Crippen molar-refractivity contribution in [3.8, 4) is 0 Å². The SMILES string of the molecule is Cc1cc(N)c(C(=O)Nc2c(C)cccc2C(C)C)cn1. The van der Waals surface area contributed by atoms with Crippen LogP contribution in [0.4, 0.5) is 11.4 Å². The number of aromatic nitrogens is 1. The number of carbonyl (C=O) groups is 1. The third-order valence-electron chi connectivity index (χ3n) is 3.48. The first-order valence-corrected chi connectivity index (χ1v) is 7.03. The summed E-state index contributed by atoms with van der Waals surface area (Å²) in [4.78, 5) is 16.6. The lowest BCUT2D eigenvalue weighted by Gasteiger charge is -2.17. The molecule has 2 rings (SSSR count). The van der Waals surface area contributed by atoms with E-state index in [-0.39, 0.29) is 5.91 Å². The maximum absolute atomic E-state index is 12.4. The Hall–Kier alpha value is -2.36. The predicted octanol–water partition coefficient (Wildman–Crippen LogP) is 3.66. The molecule has 0 saturated carbocycles. The molecule has 3 N–H and O–H groups in total. The number of amides is 1. The summed E-state index contributed by atoms with van der Waals surface area (Å²) in [6.45, 7) is 8.03. The molecule has 0 unspecified atom stereocenters. The van der Waals surface area contributed by atoms with Gasteiger partial charge >= 0.3 is 0 Å². The van der Waals surface area contributed by atoms with Crippen LogP contribution >= 0.6 is 0 Å². The Balaban J connectivity index is 2.36. The Bertz CT molecular complexity index is 678. The van der Waals surface area contributed by atoms with Gasteiger partial charge in [-0.2, -0.15) is 0 Å². The predicted molar refractivity (Wildman–Crippen MR) is 86.6 cm³/mol. The second-order valence-corrected chi connectivity index (χ2v) is 5.56. The highest BCUT2D eigenvalue weighted by Crippen LogP contribution is 2.28. The quantitative estimate of drug-likeness (QED) is 0.903. The lowest BCUT2D eigenvalue weighted by atomic mass is 9.98. The Kier molecular flexibility index (Phi) is 4.26. The molecule has 0 aliphatic carbocycles. The first-order chi connectivity index (χ1) is 9.90. The number of nitrogens with zero attached hydrogens (tertiary/aromatic N) is 1. The van der Waals surface area contributed by atoms with E-state index in [1.165, 1.54) is 6.20 Å². The maximum atomic E-state index is 12.4. The van der Waals surface area contributed by atoms with Crippen molar-refractivity contribution in [1.82, 2.24) is 4.98 Å². The number of anilines is 2. The monoisotopic (exact) mass is 283 g/mol. The highest BCUT2D eigenvalue weighted by molar-refractivity contribution is 6.08. The van der Waals surface area contributed by atoms with Crippen LogP contribution in [0.25, 0.3) is 0 Å². The number of aryl methyl sites for hydroxylation is 2. The van der Waals surface area contributed by atoms with Gasteiger partial charge in [-0.1, -0.05) is 32.0 Å². The summed E-state index contributed by atoms with van der Waals surface area (Å²) < 4.78 is 0. The number of hydrogen-bond donors (Lipinski definition) is 2. The summed E-state index contributed by atoms with van der Waals surface area (Å²) in [5.41, 5.74) is 10.6. The Morgan fingerprint density at radius 3 is 2.62 bits per heavy atom. The molecule has 110 valence electrons. The van der Waals surface area contributed by atoms with E-state index in [1.54, 1.807) is 6.07 Å². The van der Waals surface area contributed by atoms with Gasteiger partial charge < -0.3 is 11.1 Å².